The number of hydrogen-bond donors (Lipinski definition) is 1. The number of nitrogen functional groups attached to an aromatic ring is 1. The number of para-hydroxylation sites is 1. The molecule has 2 fully saturated rings. The van der Waals surface area contributed by atoms with Gasteiger partial charge in [-0.2, -0.15) is 0 Å². The van der Waals surface area contributed by atoms with Gasteiger partial charge in [0, 0.05) is 67.7 Å². The van der Waals surface area contributed by atoms with Crippen LogP contribution in [0.1, 0.15) is 39.1 Å². The normalized spacial score (nSPS) is 16.4. The zero-order valence-corrected chi connectivity index (χ0v) is 24.1. The predicted molar refractivity (Wildman–Crippen MR) is 167 cm³/mol. The van der Waals surface area contributed by atoms with Crippen molar-refractivity contribution in [2.75, 3.05) is 45.0 Å². The molecular formula is C35H37N5O2. The Bertz CT molecular complexity index is 1500. The average Bonchev–Trinajstić information content (AvgIpc) is 3.06. The second-order valence-corrected chi connectivity index (χ2v) is 11.2. The van der Waals surface area contributed by atoms with Crippen LogP contribution in [0.2, 0.25) is 0 Å². The van der Waals surface area contributed by atoms with Crippen molar-refractivity contribution in [2.45, 2.75) is 25.8 Å². The Labute approximate surface area is 247 Å². The molecule has 0 spiro atoms. The van der Waals surface area contributed by atoms with Crippen molar-refractivity contribution in [3.05, 3.63) is 108 Å². The maximum atomic E-state index is 13.8. The summed E-state index contributed by atoms with van der Waals surface area (Å²) in [5, 5.41) is 0. The quantitative estimate of drug-likeness (QED) is 0.333. The molecule has 0 unspecified atom stereocenters. The minimum Gasteiger partial charge on any atom is -0.398 e. The molecule has 2 aliphatic heterocycles. The number of rotatable bonds is 5. The Kier molecular flexibility index (Phi) is 8.02. The van der Waals surface area contributed by atoms with E-state index in [-0.39, 0.29) is 11.8 Å². The highest BCUT2D eigenvalue weighted by Gasteiger charge is 2.31. The smallest absolute Gasteiger partial charge is 0.255 e. The molecule has 7 heteroatoms. The van der Waals surface area contributed by atoms with E-state index in [1.807, 2.05) is 108 Å². The Morgan fingerprint density at radius 1 is 0.690 bits per heavy atom. The topological polar surface area (TPSA) is 82.8 Å². The number of nitrogens with two attached hydrogens (primary N) is 1. The summed E-state index contributed by atoms with van der Waals surface area (Å²) in [6, 6.07) is 29.9. The van der Waals surface area contributed by atoms with Crippen molar-refractivity contribution < 1.29 is 9.59 Å². The van der Waals surface area contributed by atoms with Crippen molar-refractivity contribution in [1.29, 1.82) is 0 Å². The summed E-state index contributed by atoms with van der Waals surface area (Å²) in [6.07, 6.45) is 1.85. The number of piperidine rings is 1. The van der Waals surface area contributed by atoms with Crippen LogP contribution in [-0.2, 0) is 0 Å². The van der Waals surface area contributed by atoms with Crippen LogP contribution in [0.5, 0.6) is 0 Å². The maximum absolute atomic E-state index is 13.8. The Morgan fingerprint density at radius 3 is 1.81 bits per heavy atom. The third kappa shape index (κ3) is 5.78. The molecule has 0 atom stereocenters. The van der Waals surface area contributed by atoms with Crippen LogP contribution < -0.4 is 5.73 Å². The molecule has 42 heavy (non-hydrogen) atoms. The van der Waals surface area contributed by atoms with Gasteiger partial charge in [-0.15, -0.1) is 0 Å². The summed E-state index contributed by atoms with van der Waals surface area (Å²) < 4.78 is 0. The first kappa shape index (κ1) is 27.7. The van der Waals surface area contributed by atoms with Gasteiger partial charge < -0.3 is 15.5 Å². The molecule has 0 bridgehead atoms. The number of benzene rings is 3. The summed E-state index contributed by atoms with van der Waals surface area (Å²) in [7, 11) is 0. The predicted octanol–water partition coefficient (Wildman–Crippen LogP) is 5.37. The lowest BCUT2D eigenvalue weighted by molar-refractivity contribution is 0.0412. The molecule has 2 amide bonds. The highest BCUT2D eigenvalue weighted by molar-refractivity contribution is 6.00. The third-order valence-electron chi connectivity index (χ3n) is 8.64. The SMILES string of the molecule is Cc1cccc(C(=O)N2CCC(N3CCN(C(=O)c4cc(-c5ccccc5)nc(-c5ccccc5)c4)CC3)CC2)c1N. The van der Waals surface area contributed by atoms with Crippen molar-refractivity contribution in [1.82, 2.24) is 19.7 Å². The summed E-state index contributed by atoms with van der Waals surface area (Å²) in [5.74, 6) is 0.0646. The van der Waals surface area contributed by atoms with E-state index < -0.39 is 0 Å². The lowest BCUT2D eigenvalue weighted by Crippen LogP contribution is -2.54. The van der Waals surface area contributed by atoms with Crippen LogP contribution in [0, 0.1) is 6.92 Å². The number of aryl methyl sites for hydroxylation is 1. The molecule has 3 aromatic carbocycles. The molecule has 7 nitrogen and oxygen atoms in total. The van der Waals surface area contributed by atoms with Crippen molar-refractivity contribution >= 4 is 17.5 Å². The lowest BCUT2D eigenvalue weighted by atomic mass is 10.00. The molecule has 6 rings (SSSR count). The van der Waals surface area contributed by atoms with Gasteiger partial charge in [-0.1, -0.05) is 72.8 Å². The largest absolute Gasteiger partial charge is 0.398 e. The first-order valence-electron chi connectivity index (χ1n) is 14.8. The molecular weight excluding hydrogens is 522 g/mol. The van der Waals surface area contributed by atoms with Gasteiger partial charge in [-0.25, -0.2) is 4.98 Å². The monoisotopic (exact) mass is 559 g/mol. The van der Waals surface area contributed by atoms with Gasteiger partial charge in [0.1, 0.15) is 0 Å². The van der Waals surface area contributed by atoms with E-state index >= 15 is 0 Å². The van der Waals surface area contributed by atoms with Gasteiger partial charge in [-0.05, 0) is 43.5 Å². The Balaban J connectivity index is 1.10. The van der Waals surface area contributed by atoms with E-state index in [1.54, 1.807) is 0 Å². The molecule has 0 radical (unpaired) electrons. The van der Waals surface area contributed by atoms with Crippen molar-refractivity contribution in [2.24, 2.45) is 0 Å². The number of carbonyl (C=O) groups is 2. The van der Waals surface area contributed by atoms with Crippen LogP contribution in [-0.4, -0.2) is 76.8 Å². The molecule has 2 saturated heterocycles. The van der Waals surface area contributed by atoms with Crippen molar-refractivity contribution in [3.63, 3.8) is 0 Å². The number of hydrogen-bond acceptors (Lipinski definition) is 5. The fourth-order valence-corrected chi connectivity index (χ4v) is 6.11. The van der Waals surface area contributed by atoms with E-state index in [2.05, 4.69) is 4.90 Å². The van der Waals surface area contributed by atoms with Crippen LogP contribution >= 0.6 is 0 Å². The van der Waals surface area contributed by atoms with Gasteiger partial charge in [0.05, 0.1) is 17.0 Å². The fourth-order valence-electron chi connectivity index (χ4n) is 6.11. The Hall–Kier alpha value is -4.49. The molecule has 214 valence electrons. The number of piperazine rings is 1. The molecule has 0 saturated carbocycles. The number of pyridine rings is 1. The van der Waals surface area contributed by atoms with Crippen LogP contribution in [0.15, 0.2) is 91.0 Å². The molecule has 0 aliphatic carbocycles. The van der Waals surface area contributed by atoms with Crippen LogP contribution in [0.25, 0.3) is 22.5 Å². The summed E-state index contributed by atoms with van der Waals surface area (Å²) >= 11 is 0. The molecule has 2 aliphatic rings. The van der Waals surface area contributed by atoms with E-state index in [0.29, 0.717) is 35.9 Å². The third-order valence-corrected chi connectivity index (χ3v) is 8.64. The van der Waals surface area contributed by atoms with E-state index in [1.165, 1.54) is 0 Å². The second kappa shape index (κ2) is 12.2. The molecule has 2 N–H and O–H groups in total. The van der Waals surface area contributed by atoms with Gasteiger partial charge in [-0.3, -0.25) is 14.5 Å². The van der Waals surface area contributed by atoms with E-state index in [9.17, 15) is 9.59 Å². The van der Waals surface area contributed by atoms with Gasteiger partial charge >= 0.3 is 0 Å². The zero-order chi connectivity index (χ0) is 29.1. The van der Waals surface area contributed by atoms with Gasteiger partial charge in [0.15, 0.2) is 0 Å². The minimum atomic E-state index is 0.0205. The first-order chi connectivity index (χ1) is 20.5. The molecule has 3 heterocycles. The van der Waals surface area contributed by atoms with Gasteiger partial charge in [0.25, 0.3) is 11.8 Å². The first-order valence-corrected chi connectivity index (χ1v) is 14.8. The van der Waals surface area contributed by atoms with Crippen LogP contribution in [0.3, 0.4) is 0 Å². The summed E-state index contributed by atoms with van der Waals surface area (Å²) in [6.45, 7) is 6.40. The number of aromatic nitrogens is 1. The standard InChI is InChI=1S/C35H37N5O2/c1-25-9-8-14-30(33(25)36)35(42)39-17-15-29(16-18-39)38-19-21-40(22-20-38)34(41)28-23-31(26-10-4-2-5-11-26)37-32(24-28)27-12-6-3-7-13-27/h2-14,23-24,29H,15-22,36H2,1H3. The fraction of sp³-hybridized carbons (Fsp3) is 0.286. The summed E-state index contributed by atoms with van der Waals surface area (Å²) in [5.41, 5.74) is 12.5. The zero-order valence-electron chi connectivity index (χ0n) is 24.1. The lowest BCUT2D eigenvalue weighted by Gasteiger charge is -2.42. The molecule has 4 aromatic rings. The van der Waals surface area contributed by atoms with Crippen LogP contribution in [0.4, 0.5) is 5.69 Å². The number of nitrogens with zero attached hydrogens (tertiary/aromatic N) is 4. The van der Waals surface area contributed by atoms with Crippen molar-refractivity contribution in [3.8, 4) is 22.5 Å². The summed E-state index contributed by atoms with van der Waals surface area (Å²) in [4.78, 5) is 38.2. The van der Waals surface area contributed by atoms with E-state index in [0.717, 1.165) is 67.1 Å². The Morgan fingerprint density at radius 2 is 1.24 bits per heavy atom. The number of anilines is 1. The second-order valence-electron chi connectivity index (χ2n) is 11.2. The minimum absolute atomic E-state index is 0.0205. The highest BCUT2D eigenvalue weighted by atomic mass is 16.2. The molecule has 1 aromatic heterocycles. The van der Waals surface area contributed by atoms with E-state index in [4.69, 9.17) is 10.7 Å². The number of amides is 2. The maximum Gasteiger partial charge on any atom is 0.255 e. The average molecular weight is 560 g/mol. The number of carbonyl (C=O) groups excluding carboxylic acids is 2. The number of likely N-dealkylation sites (tertiary alicyclic amines) is 1. The highest BCUT2D eigenvalue weighted by Crippen LogP contribution is 2.27. The van der Waals surface area contributed by atoms with Gasteiger partial charge in [0.2, 0.25) is 0 Å².